The Labute approximate surface area is 198 Å². The standard InChI is InChI=1S/C27H31NO6/c1-4-32-22-16-18(10-11-21(22)33-15-12-17(2)3)24-23-25(30)19-8-5-6-9-20(19)34-26(23)27(31)28(24)13-7-14-29/h5-6,8-11,16-17,24,29H,4,7,12-15H2,1-3H3/t24-/m0/s1. The summed E-state index contributed by atoms with van der Waals surface area (Å²) in [6.07, 6.45) is 1.31. The van der Waals surface area contributed by atoms with E-state index in [4.69, 9.17) is 13.9 Å². The Kier molecular flexibility index (Phi) is 7.22. The number of fused-ring (bicyclic) bond motifs is 2. The fourth-order valence-corrected chi connectivity index (χ4v) is 4.27. The first kappa shape index (κ1) is 23.8. The Hall–Kier alpha value is -3.32. The summed E-state index contributed by atoms with van der Waals surface area (Å²) in [4.78, 5) is 28.4. The summed E-state index contributed by atoms with van der Waals surface area (Å²) in [6.45, 7) is 7.42. The average Bonchev–Trinajstić information content (AvgIpc) is 3.10. The molecule has 7 heteroatoms. The maximum Gasteiger partial charge on any atom is 0.290 e. The molecule has 0 saturated carbocycles. The Morgan fingerprint density at radius 1 is 1.09 bits per heavy atom. The van der Waals surface area contributed by atoms with Gasteiger partial charge in [-0.05, 0) is 55.5 Å². The van der Waals surface area contributed by atoms with Gasteiger partial charge in [-0.3, -0.25) is 9.59 Å². The molecule has 2 heterocycles. The van der Waals surface area contributed by atoms with E-state index < -0.39 is 6.04 Å². The van der Waals surface area contributed by atoms with Crippen molar-refractivity contribution in [1.82, 2.24) is 4.90 Å². The Morgan fingerprint density at radius 2 is 1.88 bits per heavy atom. The van der Waals surface area contributed by atoms with E-state index in [0.29, 0.717) is 53.6 Å². The fourth-order valence-electron chi connectivity index (χ4n) is 4.27. The van der Waals surface area contributed by atoms with Gasteiger partial charge in [0, 0.05) is 13.2 Å². The number of nitrogens with zero attached hydrogens (tertiary/aromatic N) is 1. The van der Waals surface area contributed by atoms with E-state index in [9.17, 15) is 14.7 Å². The molecule has 0 bridgehead atoms. The number of aliphatic hydroxyl groups excluding tert-OH is 1. The number of ether oxygens (including phenoxy) is 2. The van der Waals surface area contributed by atoms with Gasteiger partial charge in [0.2, 0.25) is 5.76 Å². The van der Waals surface area contributed by atoms with Gasteiger partial charge in [-0.1, -0.05) is 32.0 Å². The molecular formula is C27H31NO6. The zero-order chi connectivity index (χ0) is 24.2. The van der Waals surface area contributed by atoms with Crippen molar-refractivity contribution < 1.29 is 23.8 Å². The van der Waals surface area contributed by atoms with Crippen molar-refractivity contribution in [3.8, 4) is 11.5 Å². The number of amides is 1. The molecule has 1 atom stereocenters. The van der Waals surface area contributed by atoms with Crippen LogP contribution in [0.5, 0.6) is 11.5 Å². The topological polar surface area (TPSA) is 89.2 Å². The van der Waals surface area contributed by atoms with Crippen molar-refractivity contribution in [2.75, 3.05) is 26.4 Å². The maximum atomic E-state index is 13.5. The lowest BCUT2D eigenvalue weighted by Crippen LogP contribution is -2.31. The van der Waals surface area contributed by atoms with Gasteiger partial charge in [0.05, 0.1) is 30.2 Å². The molecule has 0 saturated heterocycles. The second-order valence-electron chi connectivity index (χ2n) is 8.82. The molecule has 180 valence electrons. The summed E-state index contributed by atoms with van der Waals surface area (Å²) < 4.78 is 17.7. The van der Waals surface area contributed by atoms with Crippen LogP contribution in [0.25, 0.3) is 11.0 Å². The first-order valence-electron chi connectivity index (χ1n) is 11.8. The van der Waals surface area contributed by atoms with E-state index in [1.165, 1.54) is 0 Å². The minimum Gasteiger partial charge on any atom is -0.490 e. The van der Waals surface area contributed by atoms with E-state index in [2.05, 4.69) is 13.8 Å². The van der Waals surface area contributed by atoms with Crippen molar-refractivity contribution in [2.45, 2.75) is 39.7 Å². The van der Waals surface area contributed by atoms with Crippen LogP contribution in [-0.4, -0.2) is 42.3 Å². The highest BCUT2D eigenvalue weighted by Crippen LogP contribution is 2.41. The number of hydrogen-bond donors (Lipinski definition) is 1. The van der Waals surface area contributed by atoms with Crippen molar-refractivity contribution in [1.29, 1.82) is 0 Å². The molecule has 1 aromatic heterocycles. The predicted molar refractivity (Wildman–Crippen MR) is 130 cm³/mol. The molecule has 3 aromatic rings. The van der Waals surface area contributed by atoms with Crippen LogP contribution in [0, 0.1) is 5.92 Å². The van der Waals surface area contributed by atoms with E-state index in [1.54, 1.807) is 29.2 Å². The van der Waals surface area contributed by atoms with Crippen LogP contribution in [0.4, 0.5) is 0 Å². The molecule has 7 nitrogen and oxygen atoms in total. The van der Waals surface area contributed by atoms with Gasteiger partial charge in [-0.2, -0.15) is 0 Å². The predicted octanol–water partition coefficient (Wildman–Crippen LogP) is 4.54. The summed E-state index contributed by atoms with van der Waals surface area (Å²) in [5.74, 6) is 1.42. The molecule has 0 unspecified atom stereocenters. The summed E-state index contributed by atoms with van der Waals surface area (Å²) in [6, 6.07) is 11.8. The van der Waals surface area contributed by atoms with E-state index in [1.807, 2.05) is 25.1 Å². The number of carbonyl (C=O) groups is 1. The third-order valence-corrected chi connectivity index (χ3v) is 5.97. The largest absolute Gasteiger partial charge is 0.490 e. The van der Waals surface area contributed by atoms with Crippen LogP contribution >= 0.6 is 0 Å². The molecular weight excluding hydrogens is 434 g/mol. The monoisotopic (exact) mass is 465 g/mol. The molecule has 1 aliphatic rings. The number of aliphatic hydroxyl groups is 1. The number of para-hydroxylation sites is 1. The molecule has 2 aromatic carbocycles. The summed E-state index contributed by atoms with van der Waals surface area (Å²) in [5.41, 5.74) is 1.20. The number of benzene rings is 2. The van der Waals surface area contributed by atoms with Crippen LogP contribution in [0.3, 0.4) is 0 Å². The van der Waals surface area contributed by atoms with Gasteiger partial charge in [0.1, 0.15) is 5.58 Å². The highest BCUT2D eigenvalue weighted by atomic mass is 16.5. The second kappa shape index (κ2) is 10.3. The minimum atomic E-state index is -0.640. The lowest BCUT2D eigenvalue weighted by Gasteiger charge is -2.25. The molecule has 1 amide bonds. The Bertz CT molecular complexity index is 1230. The van der Waals surface area contributed by atoms with Gasteiger partial charge in [-0.25, -0.2) is 0 Å². The molecule has 4 rings (SSSR count). The summed E-state index contributed by atoms with van der Waals surface area (Å²) >= 11 is 0. The number of hydrogen-bond acceptors (Lipinski definition) is 6. The maximum absolute atomic E-state index is 13.5. The molecule has 1 aliphatic heterocycles. The summed E-state index contributed by atoms with van der Waals surface area (Å²) in [7, 11) is 0. The highest BCUT2D eigenvalue weighted by Gasteiger charge is 2.42. The van der Waals surface area contributed by atoms with Crippen LogP contribution in [-0.2, 0) is 0 Å². The van der Waals surface area contributed by atoms with Crippen molar-refractivity contribution in [3.05, 3.63) is 69.6 Å². The van der Waals surface area contributed by atoms with Gasteiger partial charge in [0.25, 0.3) is 5.91 Å². The molecule has 0 aliphatic carbocycles. The first-order valence-corrected chi connectivity index (χ1v) is 11.8. The van der Waals surface area contributed by atoms with Crippen molar-refractivity contribution in [3.63, 3.8) is 0 Å². The SMILES string of the molecule is CCOc1cc([C@H]2c3c(oc4ccccc4c3=O)C(=O)N2CCCO)ccc1OCCC(C)C. The second-order valence-corrected chi connectivity index (χ2v) is 8.82. The molecule has 0 spiro atoms. The summed E-state index contributed by atoms with van der Waals surface area (Å²) in [5, 5.41) is 9.84. The van der Waals surface area contributed by atoms with Gasteiger partial charge >= 0.3 is 0 Å². The minimum absolute atomic E-state index is 0.0573. The normalized spacial score (nSPS) is 15.3. The van der Waals surface area contributed by atoms with Crippen LogP contribution in [0.1, 0.15) is 61.3 Å². The zero-order valence-corrected chi connectivity index (χ0v) is 19.9. The van der Waals surface area contributed by atoms with Crippen molar-refractivity contribution in [2.24, 2.45) is 5.92 Å². The van der Waals surface area contributed by atoms with E-state index in [-0.39, 0.29) is 30.2 Å². The molecule has 1 N–H and O–H groups in total. The quantitative estimate of drug-likeness (QED) is 0.473. The van der Waals surface area contributed by atoms with Gasteiger partial charge in [0.15, 0.2) is 16.9 Å². The lowest BCUT2D eigenvalue weighted by molar-refractivity contribution is 0.0716. The number of carbonyl (C=O) groups excluding carboxylic acids is 1. The molecule has 0 fully saturated rings. The van der Waals surface area contributed by atoms with E-state index >= 15 is 0 Å². The van der Waals surface area contributed by atoms with Crippen LogP contribution in [0.15, 0.2) is 51.7 Å². The number of rotatable bonds is 10. The lowest BCUT2D eigenvalue weighted by atomic mass is 9.98. The van der Waals surface area contributed by atoms with E-state index in [0.717, 1.165) is 12.0 Å². The molecule has 34 heavy (non-hydrogen) atoms. The van der Waals surface area contributed by atoms with Gasteiger partial charge < -0.3 is 23.9 Å². The van der Waals surface area contributed by atoms with Crippen molar-refractivity contribution >= 4 is 16.9 Å². The Balaban J connectivity index is 1.81. The highest BCUT2D eigenvalue weighted by molar-refractivity contribution is 5.99. The Morgan fingerprint density at radius 3 is 2.62 bits per heavy atom. The average molecular weight is 466 g/mol. The zero-order valence-electron chi connectivity index (χ0n) is 19.9. The molecule has 0 radical (unpaired) electrons. The third kappa shape index (κ3) is 4.53. The first-order chi connectivity index (χ1) is 16.5. The smallest absolute Gasteiger partial charge is 0.290 e. The van der Waals surface area contributed by atoms with Crippen LogP contribution in [0.2, 0.25) is 0 Å². The van der Waals surface area contributed by atoms with Gasteiger partial charge in [-0.15, -0.1) is 0 Å². The van der Waals surface area contributed by atoms with Crippen LogP contribution < -0.4 is 14.9 Å². The third-order valence-electron chi connectivity index (χ3n) is 5.97. The fraction of sp³-hybridized carbons (Fsp3) is 0.407.